The van der Waals surface area contributed by atoms with Crippen molar-refractivity contribution < 1.29 is 19.6 Å². The molecule has 0 saturated heterocycles. The summed E-state index contributed by atoms with van der Waals surface area (Å²) in [4.78, 5) is 32.5. The third-order valence-electron chi connectivity index (χ3n) is 4.88. The quantitative estimate of drug-likeness (QED) is 0.164. The Kier molecular flexibility index (Phi) is 13.2. The molecule has 0 fully saturated rings. The normalized spacial score (nSPS) is 10.1. The van der Waals surface area contributed by atoms with Gasteiger partial charge in [-0.2, -0.15) is 0 Å². The van der Waals surface area contributed by atoms with Crippen molar-refractivity contribution in [3.63, 3.8) is 0 Å². The Bertz CT molecular complexity index is 805. The lowest BCUT2D eigenvalue weighted by Gasteiger charge is -2.01. The number of hydrogen-bond acceptors (Lipinski definition) is 4. The van der Waals surface area contributed by atoms with Crippen LogP contribution in [-0.4, -0.2) is 21.8 Å². The van der Waals surface area contributed by atoms with Crippen LogP contribution in [0.2, 0.25) is 0 Å². The SMILES string of the molecule is CCCCCCCCCCCC(=O)O.O=C(c1ccccc1)c1ccccc1[N+](=O)[O-]. The summed E-state index contributed by atoms with van der Waals surface area (Å²) in [5, 5.41) is 19.2. The van der Waals surface area contributed by atoms with Gasteiger partial charge in [0.2, 0.25) is 0 Å². The monoisotopic (exact) mass is 427 g/mol. The largest absolute Gasteiger partial charge is 0.481 e. The van der Waals surface area contributed by atoms with Gasteiger partial charge >= 0.3 is 5.97 Å². The average Bonchev–Trinajstić information content (AvgIpc) is 2.78. The Morgan fingerprint density at radius 3 is 1.87 bits per heavy atom. The van der Waals surface area contributed by atoms with Crippen molar-refractivity contribution in [1.29, 1.82) is 0 Å². The highest BCUT2D eigenvalue weighted by Crippen LogP contribution is 2.21. The van der Waals surface area contributed by atoms with E-state index in [0.717, 1.165) is 12.8 Å². The van der Waals surface area contributed by atoms with Crippen LogP contribution in [0, 0.1) is 10.1 Å². The number of carboxylic acid groups (broad SMARTS) is 1. The minimum atomic E-state index is -0.659. The second-order valence-corrected chi connectivity index (χ2v) is 7.44. The molecular formula is C25H33NO5. The maximum absolute atomic E-state index is 12.1. The first kappa shape index (κ1) is 26.0. The Morgan fingerprint density at radius 2 is 1.32 bits per heavy atom. The zero-order valence-corrected chi connectivity index (χ0v) is 18.3. The zero-order valence-electron chi connectivity index (χ0n) is 18.3. The van der Waals surface area contributed by atoms with E-state index in [4.69, 9.17) is 5.11 Å². The lowest BCUT2D eigenvalue weighted by Crippen LogP contribution is -2.04. The Labute approximate surface area is 184 Å². The number of hydrogen-bond donors (Lipinski definition) is 1. The molecule has 2 rings (SSSR count). The van der Waals surface area contributed by atoms with Crippen LogP contribution in [0.3, 0.4) is 0 Å². The summed E-state index contributed by atoms with van der Waals surface area (Å²) in [6.45, 7) is 2.23. The van der Waals surface area contributed by atoms with Gasteiger partial charge in [0.15, 0.2) is 5.78 Å². The van der Waals surface area contributed by atoms with Crippen LogP contribution < -0.4 is 0 Å². The molecular weight excluding hydrogens is 394 g/mol. The first-order chi connectivity index (χ1) is 15.0. The van der Waals surface area contributed by atoms with Gasteiger partial charge in [-0.3, -0.25) is 19.7 Å². The number of para-hydroxylation sites is 1. The van der Waals surface area contributed by atoms with Gasteiger partial charge < -0.3 is 5.11 Å². The number of unbranched alkanes of at least 4 members (excludes halogenated alkanes) is 8. The van der Waals surface area contributed by atoms with Crippen LogP contribution in [0.5, 0.6) is 0 Å². The lowest BCUT2D eigenvalue weighted by atomic mass is 10.0. The number of rotatable bonds is 13. The number of carbonyl (C=O) groups is 2. The van der Waals surface area contributed by atoms with E-state index in [1.165, 1.54) is 57.1 Å². The molecule has 168 valence electrons. The first-order valence-corrected chi connectivity index (χ1v) is 11.0. The number of aliphatic carboxylic acids is 1. The van der Waals surface area contributed by atoms with Crippen molar-refractivity contribution in [2.75, 3.05) is 0 Å². The number of benzene rings is 2. The molecule has 2 aromatic rings. The second kappa shape index (κ2) is 15.8. The Morgan fingerprint density at radius 1 is 0.806 bits per heavy atom. The molecule has 0 atom stereocenters. The minimum absolute atomic E-state index is 0.115. The summed E-state index contributed by atoms with van der Waals surface area (Å²) in [6.07, 6.45) is 11.5. The maximum Gasteiger partial charge on any atom is 0.303 e. The smallest absolute Gasteiger partial charge is 0.303 e. The molecule has 0 aromatic heterocycles. The molecule has 6 nitrogen and oxygen atoms in total. The van der Waals surface area contributed by atoms with Gasteiger partial charge in [-0.15, -0.1) is 0 Å². The van der Waals surface area contributed by atoms with Gasteiger partial charge in [-0.05, 0) is 12.5 Å². The molecule has 2 aromatic carbocycles. The van der Waals surface area contributed by atoms with Crippen molar-refractivity contribution in [2.24, 2.45) is 0 Å². The molecule has 0 saturated carbocycles. The average molecular weight is 428 g/mol. The fraction of sp³-hybridized carbons (Fsp3) is 0.440. The predicted molar refractivity (Wildman–Crippen MR) is 122 cm³/mol. The molecule has 0 aliphatic rings. The maximum atomic E-state index is 12.1. The van der Waals surface area contributed by atoms with Crippen LogP contribution in [0.1, 0.15) is 87.1 Å². The van der Waals surface area contributed by atoms with Crippen LogP contribution in [0.15, 0.2) is 54.6 Å². The van der Waals surface area contributed by atoms with Gasteiger partial charge in [0.1, 0.15) is 5.56 Å². The molecule has 0 heterocycles. The Balaban J connectivity index is 0.000000318. The molecule has 0 radical (unpaired) electrons. The highest BCUT2D eigenvalue weighted by molar-refractivity contribution is 6.11. The molecule has 6 heteroatoms. The molecule has 0 aliphatic heterocycles. The second-order valence-electron chi connectivity index (χ2n) is 7.44. The zero-order chi connectivity index (χ0) is 22.9. The molecule has 31 heavy (non-hydrogen) atoms. The van der Waals surface area contributed by atoms with Crippen molar-refractivity contribution in [1.82, 2.24) is 0 Å². The van der Waals surface area contributed by atoms with E-state index in [1.54, 1.807) is 42.5 Å². The van der Waals surface area contributed by atoms with E-state index in [0.29, 0.717) is 12.0 Å². The number of nitro benzene ring substituents is 1. The number of carboxylic acids is 1. The van der Waals surface area contributed by atoms with Crippen LogP contribution in [0.4, 0.5) is 5.69 Å². The van der Waals surface area contributed by atoms with Crippen LogP contribution in [0.25, 0.3) is 0 Å². The number of nitrogens with zero attached hydrogens (tertiary/aromatic N) is 1. The fourth-order valence-electron chi connectivity index (χ4n) is 3.16. The molecule has 0 aliphatic carbocycles. The Hall–Kier alpha value is -3.02. The summed E-state index contributed by atoms with van der Waals surface area (Å²) in [7, 11) is 0. The fourth-order valence-corrected chi connectivity index (χ4v) is 3.16. The van der Waals surface area contributed by atoms with Gasteiger partial charge in [0.05, 0.1) is 4.92 Å². The van der Waals surface area contributed by atoms with E-state index < -0.39 is 10.9 Å². The molecule has 0 unspecified atom stereocenters. The van der Waals surface area contributed by atoms with E-state index in [9.17, 15) is 19.7 Å². The topological polar surface area (TPSA) is 97.5 Å². The highest BCUT2D eigenvalue weighted by Gasteiger charge is 2.19. The molecule has 0 amide bonds. The van der Waals surface area contributed by atoms with Crippen LogP contribution in [-0.2, 0) is 4.79 Å². The third-order valence-corrected chi connectivity index (χ3v) is 4.88. The van der Waals surface area contributed by atoms with Gasteiger partial charge in [-0.25, -0.2) is 0 Å². The van der Waals surface area contributed by atoms with E-state index >= 15 is 0 Å². The molecule has 0 bridgehead atoms. The number of carbonyl (C=O) groups excluding carboxylic acids is 1. The number of ketones is 1. The number of nitro groups is 1. The van der Waals surface area contributed by atoms with E-state index in [2.05, 4.69) is 6.92 Å². The summed E-state index contributed by atoms with van der Waals surface area (Å²) >= 11 is 0. The summed E-state index contributed by atoms with van der Waals surface area (Å²) in [6, 6.07) is 14.5. The standard InChI is InChI=1S/C13H9NO3.C12H24O2/c15-13(10-6-2-1-3-7-10)11-8-4-5-9-12(11)14(16)17;1-2-3-4-5-6-7-8-9-10-11-12(13)14/h1-9H;2-11H2,1H3,(H,13,14). The first-order valence-electron chi connectivity index (χ1n) is 11.0. The van der Waals surface area contributed by atoms with Gasteiger partial charge in [0.25, 0.3) is 5.69 Å². The highest BCUT2D eigenvalue weighted by atomic mass is 16.6. The third kappa shape index (κ3) is 11.1. The van der Waals surface area contributed by atoms with Crippen molar-refractivity contribution in [3.8, 4) is 0 Å². The van der Waals surface area contributed by atoms with Crippen molar-refractivity contribution in [3.05, 3.63) is 75.8 Å². The predicted octanol–water partition coefficient (Wildman–Crippen LogP) is 6.82. The van der Waals surface area contributed by atoms with Crippen molar-refractivity contribution >= 4 is 17.4 Å². The summed E-state index contributed by atoms with van der Waals surface area (Å²) in [5.74, 6) is -0.995. The van der Waals surface area contributed by atoms with Crippen LogP contribution >= 0.6 is 0 Å². The summed E-state index contributed by atoms with van der Waals surface area (Å²) in [5.41, 5.74) is 0.395. The van der Waals surface area contributed by atoms with Crippen molar-refractivity contribution in [2.45, 2.75) is 71.1 Å². The summed E-state index contributed by atoms with van der Waals surface area (Å²) < 4.78 is 0. The molecule has 0 spiro atoms. The minimum Gasteiger partial charge on any atom is -0.481 e. The molecule has 1 N–H and O–H groups in total. The van der Waals surface area contributed by atoms with Gasteiger partial charge in [0, 0.05) is 18.1 Å². The van der Waals surface area contributed by atoms with Gasteiger partial charge in [-0.1, -0.05) is 101 Å². The van der Waals surface area contributed by atoms with E-state index in [-0.39, 0.29) is 17.0 Å². The van der Waals surface area contributed by atoms with E-state index in [1.807, 2.05) is 0 Å². The lowest BCUT2D eigenvalue weighted by molar-refractivity contribution is -0.385.